The molecular weight excluding hydrogens is 521 g/mol. The summed E-state index contributed by atoms with van der Waals surface area (Å²) in [5.74, 6) is -2.12. The van der Waals surface area contributed by atoms with E-state index in [0.29, 0.717) is 5.69 Å². The second-order valence-electron chi connectivity index (χ2n) is 8.63. The lowest BCUT2D eigenvalue weighted by atomic mass is 10.1. The van der Waals surface area contributed by atoms with Gasteiger partial charge in [-0.3, -0.25) is 14.2 Å². The van der Waals surface area contributed by atoms with Crippen LogP contribution in [0.4, 0.5) is 10.2 Å². The van der Waals surface area contributed by atoms with E-state index >= 15 is 4.39 Å². The van der Waals surface area contributed by atoms with Crippen LogP contribution in [-0.4, -0.2) is 58.1 Å². The summed E-state index contributed by atoms with van der Waals surface area (Å²) < 4.78 is 22.8. The Morgan fingerprint density at radius 2 is 2.08 bits per heavy atom. The van der Waals surface area contributed by atoms with Crippen LogP contribution in [0.5, 0.6) is 0 Å². The van der Waals surface area contributed by atoms with Crippen molar-refractivity contribution < 1.29 is 18.7 Å². The van der Waals surface area contributed by atoms with Crippen LogP contribution >= 0.6 is 11.6 Å². The molecule has 3 aromatic heterocycles. The number of benzene rings is 1. The van der Waals surface area contributed by atoms with Crippen molar-refractivity contribution >= 4 is 29.2 Å². The van der Waals surface area contributed by atoms with E-state index in [1.165, 1.54) is 33.9 Å². The maximum Gasteiger partial charge on any atom is 0.329 e. The fourth-order valence-corrected chi connectivity index (χ4v) is 4.52. The highest BCUT2D eigenvalue weighted by molar-refractivity contribution is 6.31. The van der Waals surface area contributed by atoms with Gasteiger partial charge in [-0.1, -0.05) is 18.5 Å². The van der Waals surface area contributed by atoms with E-state index in [4.69, 9.17) is 22.1 Å². The van der Waals surface area contributed by atoms with Gasteiger partial charge in [-0.2, -0.15) is 4.68 Å². The maximum absolute atomic E-state index is 15.2. The summed E-state index contributed by atoms with van der Waals surface area (Å²) in [6.45, 7) is 2.73. The number of carbonyl (C=O) groups is 2. The molecule has 4 heterocycles. The predicted octanol–water partition coefficient (Wildman–Crippen LogP) is 1.83. The fourth-order valence-electron chi connectivity index (χ4n) is 4.37. The molecule has 38 heavy (non-hydrogen) atoms. The molecule has 0 fully saturated rings. The number of nitrogens with zero attached hydrogens (tertiary/aromatic N) is 8. The molecule has 2 N–H and O–H groups in total. The number of tetrazole rings is 1. The second kappa shape index (κ2) is 9.70. The molecule has 15 heteroatoms. The Labute approximate surface area is 218 Å². The number of hydrogen-bond donors (Lipinski definition) is 1. The first-order chi connectivity index (χ1) is 18.2. The third kappa shape index (κ3) is 4.38. The molecule has 4 aromatic rings. The molecule has 5 rings (SSSR count). The minimum Gasteiger partial charge on any atom is -0.456 e. The van der Waals surface area contributed by atoms with Gasteiger partial charge in [0.1, 0.15) is 29.7 Å². The number of anilines is 1. The lowest BCUT2D eigenvalue weighted by Crippen LogP contribution is -2.30. The van der Waals surface area contributed by atoms with Crippen molar-refractivity contribution in [2.24, 2.45) is 0 Å². The minimum absolute atomic E-state index is 0.000181. The summed E-state index contributed by atoms with van der Waals surface area (Å²) >= 11 is 6.02. The van der Waals surface area contributed by atoms with E-state index in [0.717, 1.165) is 6.07 Å². The van der Waals surface area contributed by atoms with Crippen LogP contribution < -0.4 is 11.3 Å². The molecule has 0 unspecified atom stereocenters. The number of Topliss-reactive ketones (excluding diaryl/α,β-unsaturated/α-hetero) is 1. The van der Waals surface area contributed by atoms with Gasteiger partial charge in [0.15, 0.2) is 12.4 Å². The first-order valence-corrected chi connectivity index (χ1v) is 11.7. The number of esters is 1. The number of carbonyl (C=O) groups excluding carboxylic acids is 2. The number of nitrogen functional groups attached to an aromatic ring is 1. The molecule has 1 aliphatic rings. The van der Waals surface area contributed by atoms with E-state index in [1.54, 1.807) is 13.8 Å². The van der Waals surface area contributed by atoms with Crippen molar-refractivity contribution in [3.05, 3.63) is 69.1 Å². The van der Waals surface area contributed by atoms with E-state index in [9.17, 15) is 14.4 Å². The molecule has 2 atom stereocenters. The zero-order valence-corrected chi connectivity index (χ0v) is 20.8. The zero-order chi connectivity index (χ0) is 27.1. The van der Waals surface area contributed by atoms with Gasteiger partial charge in [0, 0.05) is 12.0 Å². The van der Waals surface area contributed by atoms with Gasteiger partial charge >= 0.3 is 5.97 Å². The average molecular weight is 540 g/mol. The fraction of sp³-hybridized carbons (Fsp3) is 0.261. The predicted molar refractivity (Wildman–Crippen MR) is 130 cm³/mol. The molecule has 13 nitrogen and oxygen atoms in total. The number of rotatable bonds is 6. The van der Waals surface area contributed by atoms with Gasteiger partial charge in [-0.05, 0) is 35.9 Å². The second-order valence-corrected chi connectivity index (χ2v) is 9.04. The maximum atomic E-state index is 15.2. The topological polar surface area (TPSA) is 174 Å². The van der Waals surface area contributed by atoms with Gasteiger partial charge in [-0.25, -0.2) is 24.1 Å². The number of halogens is 2. The summed E-state index contributed by atoms with van der Waals surface area (Å²) in [6.07, 6.45) is 2.68. The molecule has 0 saturated heterocycles. The quantitative estimate of drug-likeness (QED) is 0.279. The van der Waals surface area contributed by atoms with Crippen LogP contribution in [0.3, 0.4) is 0 Å². The van der Waals surface area contributed by atoms with Crippen molar-refractivity contribution in [2.75, 3.05) is 12.3 Å². The van der Waals surface area contributed by atoms with Crippen LogP contribution in [0.15, 0.2) is 35.5 Å². The largest absolute Gasteiger partial charge is 0.456 e. The van der Waals surface area contributed by atoms with Gasteiger partial charge in [0.2, 0.25) is 5.78 Å². The molecule has 0 aliphatic carbocycles. The number of aryl methyl sites for hydroxylation is 1. The van der Waals surface area contributed by atoms with Gasteiger partial charge in [0.05, 0.1) is 33.9 Å². The van der Waals surface area contributed by atoms with Crippen LogP contribution in [0, 0.1) is 12.7 Å². The van der Waals surface area contributed by atoms with Crippen LogP contribution in [0.1, 0.15) is 47.3 Å². The van der Waals surface area contributed by atoms with Crippen molar-refractivity contribution in [3.63, 3.8) is 0 Å². The summed E-state index contributed by atoms with van der Waals surface area (Å²) in [6, 6.07) is 2.91. The van der Waals surface area contributed by atoms with Crippen LogP contribution in [-0.2, 0) is 9.53 Å². The Bertz CT molecular complexity index is 1640. The number of fused-ring (bicyclic) bond motifs is 1. The molecule has 1 aromatic carbocycles. The molecule has 0 spiro atoms. The monoisotopic (exact) mass is 539 g/mol. The lowest BCUT2D eigenvalue weighted by molar-refractivity contribution is -0.146. The average Bonchev–Trinajstić information content (AvgIpc) is 3.53. The molecule has 194 valence electrons. The first-order valence-electron chi connectivity index (χ1n) is 11.3. The number of ether oxygens (including phenoxy) is 1. The third-order valence-corrected chi connectivity index (χ3v) is 6.37. The molecule has 1 aliphatic heterocycles. The highest BCUT2D eigenvalue weighted by Gasteiger charge is 2.37. The van der Waals surface area contributed by atoms with Crippen molar-refractivity contribution in [1.82, 2.24) is 39.7 Å². The smallest absolute Gasteiger partial charge is 0.329 e. The van der Waals surface area contributed by atoms with E-state index in [2.05, 4.69) is 30.5 Å². The lowest BCUT2D eigenvalue weighted by Gasteiger charge is -2.15. The number of aromatic nitrogens is 8. The molecule has 0 saturated carbocycles. The zero-order valence-electron chi connectivity index (χ0n) is 20.0. The standard InChI is InChI=1S/C23H19ClFN9O4/c1-10-5-15(23(37)38-8-16(35)21-11(2)29-17(26)7-27-21)34-18(36)6-13(30-22(10)34)19-14(33-9-28-31-32-33)4-3-12(24)20(19)25/h3-4,6-7,9-10,15H,5,8H2,1-2H3,(H2,26,29)/t10-,15-/m0/s1. The van der Waals surface area contributed by atoms with E-state index in [1.807, 2.05) is 0 Å². The normalized spacial score (nSPS) is 16.3. The van der Waals surface area contributed by atoms with E-state index in [-0.39, 0.29) is 51.6 Å². The summed E-state index contributed by atoms with van der Waals surface area (Å²) in [7, 11) is 0. The number of nitrogens with two attached hydrogens (primary N) is 1. The summed E-state index contributed by atoms with van der Waals surface area (Å²) in [4.78, 5) is 51.1. The Kier molecular flexibility index (Phi) is 6.40. The van der Waals surface area contributed by atoms with Crippen LogP contribution in [0.25, 0.3) is 16.9 Å². The molecule has 0 bridgehead atoms. The Morgan fingerprint density at radius 3 is 2.79 bits per heavy atom. The minimum atomic E-state index is -1.02. The van der Waals surface area contributed by atoms with Crippen molar-refractivity contribution in [3.8, 4) is 16.9 Å². The van der Waals surface area contributed by atoms with Gasteiger partial charge < -0.3 is 10.5 Å². The van der Waals surface area contributed by atoms with E-state index < -0.39 is 35.8 Å². The molecular formula is C23H19ClFN9O4. The number of ketones is 1. The summed E-state index contributed by atoms with van der Waals surface area (Å²) in [5, 5.41) is 10.7. The first kappa shape index (κ1) is 25.1. The van der Waals surface area contributed by atoms with Gasteiger partial charge in [0.25, 0.3) is 5.56 Å². The van der Waals surface area contributed by atoms with Crippen LogP contribution in [0.2, 0.25) is 5.02 Å². The Balaban J connectivity index is 1.45. The highest BCUT2D eigenvalue weighted by atomic mass is 35.5. The Hall–Kier alpha value is -4.59. The SMILES string of the molecule is Cc1nc(N)cnc1C(=O)COC(=O)[C@@H]1C[C@H](C)c2nc(-c3c(-n4cnnn4)ccc(Cl)c3F)cc(=O)n21. The molecule has 0 radical (unpaired) electrons. The molecule has 0 amide bonds. The third-order valence-electron chi connectivity index (χ3n) is 6.08. The van der Waals surface area contributed by atoms with Crippen molar-refractivity contribution in [2.45, 2.75) is 32.2 Å². The van der Waals surface area contributed by atoms with Crippen molar-refractivity contribution in [1.29, 1.82) is 0 Å². The highest BCUT2D eigenvalue weighted by Crippen LogP contribution is 2.37. The van der Waals surface area contributed by atoms with Gasteiger partial charge in [-0.15, -0.1) is 5.10 Å². The Morgan fingerprint density at radius 1 is 1.29 bits per heavy atom. The summed E-state index contributed by atoms with van der Waals surface area (Å²) in [5.41, 5.74) is 5.42. The number of hydrogen-bond acceptors (Lipinski definition) is 11.